The smallest absolute Gasteiger partial charge is 0.336 e. The fourth-order valence-corrected chi connectivity index (χ4v) is 1.92. The summed E-state index contributed by atoms with van der Waals surface area (Å²) < 4.78 is 0. The Morgan fingerprint density at radius 3 is 2.53 bits per heavy atom. The number of benzene rings is 1. The van der Waals surface area contributed by atoms with Gasteiger partial charge in [-0.2, -0.15) is 0 Å². The number of hydrogen-bond acceptors (Lipinski definition) is 2. The van der Waals surface area contributed by atoms with Gasteiger partial charge in [-0.1, -0.05) is 32.0 Å². The van der Waals surface area contributed by atoms with Crippen LogP contribution < -0.4 is 0 Å². The molecule has 0 saturated heterocycles. The molecule has 0 aliphatic carbocycles. The molecule has 1 aromatic carbocycles. The molecule has 3 nitrogen and oxygen atoms in total. The molecule has 1 rings (SSSR count). The lowest BCUT2D eigenvalue weighted by atomic mass is 10.1. The van der Waals surface area contributed by atoms with Gasteiger partial charge in [-0.15, -0.1) is 0 Å². The maximum Gasteiger partial charge on any atom is 0.336 e. The van der Waals surface area contributed by atoms with Gasteiger partial charge in [0.2, 0.25) is 0 Å². The number of nitrogens with zero attached hydrogens (tertiary/aromatic N) is 1. The van der Waals surface area contributed by atoms with Crippen molar-refractivity contribution in [3.63, 3.8) is 0 Å². The largest absolute Gasteiger partial charge is 0.478 e. The van der Waals surface area contributed by atoms with E-state index in [9.17, 15) is 4.79 Å². The second kappa shape index (κ2) is 6.40. The maximum atomic E-state index is 11.1. The summed E-state index contributed by atoms with van der Waals surface area (Å²) >= 11 is 0. The number of carboxylic acids is 1. The zero-order valence-electron chi connectivity index (χ0n) is 10.8. The van der Waals surface area contributed by atoms with Gasteiger partial charge in [-0.25, -0.2) is 4.79 Å². The zero-order valence-corrected chi connectivity index (χ0v) is 10.8. The van der Waals surface area contributed by atoms with E-state index in [-0.39, 0.29) is 0 Å². The number of carboxylic acid groups (broad SMARTS) is 1. The summed E-state index contributed by atoms with van der Waals surface area (Å²) in [7, 11) is 0. The molecule has 94 valence electrons. The van der Waals surface area contributed by atoms with E-state index in [4.69, 9.17) is 5.11 Å². The molecule has 0 fully saturated rings. The molecular weight excluding hydrogens is 214 g/mol. The van der Waals surface area contributed by atoms with Crippen molar-refractivity contribution in [2.45, 2.75) is 39.8 Å². The standard InChI is InChI=1S/C14H21NO2/c1-4-11(3)15(5-2)10-12-8-6-7-9-13(12)14(16)17/h6-9,11H,4-5,10H2,1-3H3,(H,16,17). The molecule has 3 heteroatoms. The highest BCUT2D eigenvalue weighted by Crippen LogP contribution is 2.14. The summed E-state index contributed by atoms with van der Waals surface area (Å²) in [4.78, 5) is 13.4. The summed E-state index contributed by atoms with van der Waals surface area (Å²) in [5.41, 5.74) is 1.30. The van der Waals surface area contributed by atoms with Crippen molar-refractivity contribution < 1.29 is 9.90 Å². The number of rotatable bonds is 6. The van der Waals surface area contributed by atoms with Crippen molar-refractivity contribution >= 4 is 5.97 Å². The fraction of sp³-hybridized carbons (Fsp3) is 0.500. The van der Waals surface area contributed by atoms with E-state index in [2.05, 4.69) is 25.7 Å². The van der Waals surface area contributed by atoms with Crippen LogP contribution in [0.3, 0.4) is 0 Å². The summed E-state index contributed by atoms with van der Waals surface area (Å²) in [6.07, 6.45) is 1.07. The van der Waals surface area contributed by atoms with Crippen LogP contribution in [0, 0.1) is 0 Å². The van der Waals surface area contributed by atoms with Crippen molar-refractivity contribution in [3.8, 4) is 0 Å². The summed E-state index contributed by atoms with van der Waals surface area (Å²) in [6.45, 7) is 8.07. The van der Waals surface area contributed by atoms with Gasteiger partial charge in [0.05, 0.1) is 5.56 Å². The molecule has 0 amide bonds. The van der Waals surface area contributed by atoms with E-state index in [0.29, 0.717) is 18.2 Å². The quantitative estimate of drug-likeness (QED) is 0.824. The molecule has 0 aliphatic rings. The third kappa shape index (κ3) is 3.56. The second-order valence-corrected chi connectivity index (χ2v) is 4.28. The average Bonchev–Trinajstić information content (AvgIpc) is 2.35. The third-order valence-corrected chi connectivity index (χ3v) is 3.24. The molecule has 0 spiro atoms. The SMILES string of the molecule is CCC(C)N(CC)Cc1ccccc1C(=O)O. The van der Waals surface area contributed by atoms with Gasteiger partial charge < -0.3 is 5.11 Å². The Morgan fingerprint density at radius 2 is 2.00 bits per heavy atom. The van der Waals surface area contributed by atoms with Gasteiger partial charge in [0.15, 0.2) is 0 Å². The van der Waals surface area contributed by atoms with E-state index in [1.54, 1.807) is 12.1 Å². The fourth-order valence-electron chi connectivity index (χ4n) is 1.92. The van der Waals surface area contributed by atoms with Crippen LogP contribution in [-0.4, -0.2) is 28.6 Å². The van der Waals surface area contributed by atoms with Gasteiger partial charge in [-0.3, -0.25) is 4.90 Å². The lowest BCUT2D eigenvalue weighted by Crippen LogP contribution is -2.32. The Labute approximate surface area is 103 Å². The molecule has 17 heavy (non-hydrogen) atoms. The molecule has 0 saturated carbocycles. The van der Waals surface area contributed by atoms with Gasteiger partial charge >= 0.3 is 5.97 Å². The lowest BCUT2D eigenvalue weighted by molar-refractivity contribution is 0.0693. The maximum absolute atomic E-state index is 11.1. The summed E-state index contributed by atoms with van der Waals surface area (Å²) in [6, 6.07) is 7.71. The average molecular weight is 235 g/mol. The lowest BCUT2D eigenvalue weighted by Gasteiger charge is -2.27. The Bertz CT molecular complexity index is 376. The summed E-state index contributed by atoms with van der Waals surface area (Å²) in [5, 5.41) is 9.13. The topological polar surface area (TPSA) is 40.5 Å². The zero-order chi connectivity index (χ0) is 12.8. The molecular formula is C14H21NO2. The Kier molecular flexibility index (Phi) is 5.16. The highest BCUT2D eigenvalue weighted by Gasteiger charge is 2.14. The minimum absolute atomic E-state index is 0.411. The molecule has 0 bridgehead atoms. The Morgan fingerprint density at radius 1 is 1.35 bits per heavy atom. The predicted molar refractivity (Wildman–Crippen MR) is 69.2 cm³/mol. The van der Waals surface area contributed by atoms with Crippen molar-refractivity contribution in [1.29, 1.82) is 0 Å². The van der Waals surface area contributed by atoms with Gasteiger partial charge in [0.1, 0.15) is 0 Å². The molecule has 0 aromatic heterocycles. The van der Waals surface area contributed by atoms with Crippen molar-refractivity contribution in [2.24, 2.45) is 0 Å². The molecule has 0 radical (unpaired) electrons. The van der Waals surface area contributed by atoms with E-state index in [1.807, 2.05) is 12.1 Å². The number of carbonyl (C=O) groups is 1. The molecule has 0 aliphatic heterocycles. The van der Waals surface area contributed by atoms with E-state index >= 15 is 0 Å². The highest BCUT2D eigenvalue weighted by molar-refractivity contribution is 5.89. The van der Waals surface area contributed by atoms with Crippen LogP contribution in [0.5, 0.6) is 0 Å². The first kappa shape index (κ1) is 13.7. The number of aromatic carboxylic acids is 1. The van der Waals surface area contributed by atoms with Gasteiger partial charge in [0, 0.05) is 12.6 Å². The van der Waals surface area contributed by atoms with Crippen LogP contribution >= 0.6 is 0 Å². The number of hydrogen-bond donors (Lipinski definition) is 1. The minimum Gasteiger partial charge on any atom is -0.478 e. The normalized spacial score (nSPS) is 12.7. The molecule has 1 unspecified atom stereocenters. The van der Waals surface area contributed by atoms with Gasteiger partial charge in [-0.05, 0) is 31.5 Å². The van der Waals surface area contributed by atoms with Crippen LogP contribution in [0.1, 0.15) is 43.1 Å². The molecule has 1 atom stereocenters. The van der Waals surface area contributed by atoms with Crippen molar-refractivity contribution in [3.05, 3.63) is 35.4 Å². The molecule has 1 N–H and O–H groups in total. The molecule has 1 aromatic rings. The van der Waals surface area contributed by atoms with Crippen LogP contribution in [0.2, 0.25) is 0 Å². The van der Waals surface area contributed by atoms with E-state index < -0.39 is 5.97 Å². The second-order valence-electron chi connectivity index (χ2n) is 4.28. The van der Waals surface area contributed by atoms with Gasteiger partial charge in [0.25, 0.3) is 0 Å². The molecule has 0 heterocycles. The highest BCUT2D eigenvalue weighted by atomic mass is 16.4. The van der Waals surface area contributed by atoms with Crippen LogP contribution in [0.25, 0.3) is 0 Å². The Hall–Kier alpha value is -1.35. The van der Waals surface area contributed by atoms with E-state index in [0.717, 1.165) is 18.5 Å². The first-order valence-electron chi connectivity index (χ1n) is 6.15. The van der Waals surface area contributed by atoms with E-state index in [1.165, 1.54) is 0 Å². The van der Waals surface area contributed by atoms with Crippen LogP contribution in [-0.2, 0) is 6.54 Å². The third-order valence-electron chi connectivity index (χ3n) is 3.24. The Balaban J connectivity index is 2.89. The summed E-state index contributed by atoms with van der Waals surface area (Å²) in [5.74, 6) is -0.846. The first-order chi connectivity index (χ1) is 8.10. The van der Waals surface area contributed by atoms with Crippen molar-refractivity contribution in [1.82, 2.24) is 4.90 Å². The van der Waals surface area contributed by atoms with Crippen molar-refractivity contribution in [2.75, 3.05) is 6.54 Å². The first-order valence-corrected chi connectivity index (χ1v) is 6.15. The van der Waals surface area contributed by atoms with Crippen LogP contribution in [0.15, 0.2) is 24.3 Å². The monoisotopic (exact) mass is 235 g/mol. The predicted octanol–water partition coefficient (Wildman–Crippen LogP) is 3.01. The van der Waals surface area contributed by atoms with Crippen LogP contribution in [0.4, 0.5) is 0 Å². The minimum atomic E-state index is -0.846.